The Morgan fingerprint density at radius 1 is 1.00 bits per heavy atom. The number of urea groups is 1. The van der Waals surface area contributed by atoms with Gasteiger partial charge in [0.25, 0.3) is 5.91 Å². The van der Waals surface area contributed by atoms with Gasteiger partial charge >= 0.3 is 6.03 Å². The van der Waals surface area contributed by atoms with Crippen molar-refractivity contribution in [1.82, 2.24) is 15.5 Å². The van der Waals surface area contributed by atoms with Crippen molar-refractivity contribution in [3.8, 4) is 0 Å². The summed E-state index contributed by atoms with van der Waals surface area (Å²) in [5, 5.41) is 5.72. The predicted molar refractivity (Wildman–Crippen MR) is 111 cm³/mol. The number of imide groups is 1. The van der Waals surface area contributed by atoms with Gasteiger partial charge in [0.2, 0.25) is 5.91 Å². The average molecular weight is 393 g/mol. The lowest BCUT2D eigenvalue weighted by Gasteiger charge is -2.27. The number of nitrogens with one attached hydrogen (secondary N) is 2. The molecule has 0 aliphatic carbocycles. The zero-order valence-electron chi connectivity index (χ0n) is 17.0. The van der Waals surface area contributed by atoms with Crippen LogP contribution in [-0.2, 0) is 21.5 Å². The molecule has 152 valence electrons. The van der Waals surface area contributed by atoms with Crippen molar-refractivity contribution in [3.63, 3.8) is 0 Å². The van der Waals surface area contributed by atoms with Crippen LogP contribution in [0.4, 0.5) is 4.79 Å². The molecule has 0 radical (unpaired) electrons. The van der Waals surface area contributed by atoms with E-state index in [-0.39, 0.29) is 24.4 Å². The first-order chi connectivity index (χ1) is 13.8. The lowest BCUT2D eigenvalue weighted by molar-refractivity contribution is -0.135. The molecule has 0 bridgehead atoms. The molecule has 2 N–H and O–H groups in total. The minimum Gasteiger partial charge on any atom is -0.352 e. The summed E-state index contributed by atoms with van der Waals surface area (Å²) in [5.74, 6) is -0.508. The van der Waals surface area contributed by atoms with Crippen LogP contribution in [0.15, 0.2) is 60.7 Å². The van der Waals surface area contributed by atoms with E-state index in [1.165, 1.54) is 0 Å². The largest absolute Gasteiger partial charge is 0.352 e. The molecule has 0 unspecified atom stereocenters. The van der Waals surface area contributed by atoms with Gasteiger partial charge in [-0.05, 0) is 24.0 Å². The topological polar surface area (TPSA) is 78.5 Å². The number of benzene rings is 2. The molecule has 6 heteroatoms. The van der Waals surface area contributed by atoms with E-state index in [0.29, 0.717) is 12.0 Å². The minimum absolute atomic E-state index is 0.0496. The summed E-state index contributed by atoms with van der Waals surface area (Å²) in [4.78, 5) is 39.6. The van der Waals surface area contributed by atoms with E-state index in [1.54, 1.807) is 0 Å². The Morgan fingerprint density at radius 3 is 2.17 bits per heavy atom. The summed E-state index contributed by atoms with van der Waals surface area (Å²) in [7, 11) is 0. The molecule has 29 heavy (non-hydrogen) atoms. The molecule has 1 saturated heterocycles. The SMILES string of the molecule is CC(C)[C@@H](C)NC(=O)CN1C(=O)N[C@](Cc2ccccc2)(c2ccccc2)C1=O. The van der Waals surface area contributed by atoms with E-state index in [4.69, 9.17) is 0 Å². The van der Waals surface area contributed by atoms with E-state index in [2.05, 4.69) is 10.6 Å². The molecule has 2 aromatic carbocycles. The Balaban J connectivity index is 1.89. The van der Waals surface area contributed by atoms with Crippen LogP contribution in [0.2, 0.25) is 0 Å². The van der Waals surface area contributed by atoms with Crippen LogP contribution >= 0.6 is 0 Å². The third-order valence-electron chi connectivity index (χ3n) is 5.44. The summed E-state index contributed by atoms with van der Waals surface area (Å²) in [5.41, 5.74) is 0.384. The fraction of sp³-hybridized carbons (Fsp3) is 0.348. The summed E-state index contributed by atoms with van der Waals surface area (Å²) in [6.45, 7) is 5.60. The van der Waals surface area contributed by atoms with Crippen molar-refractivity contribution < 1.29 is 14.4 Å². The molecule has 1 aliphatic heterocycles. The molecule has 6 nitrogen and oxygen atoms in total. The van der Waals surface area contributed by atoms with Gasteiger partial charge in [-0.3, -0.25) is 14.5 Å². The van der Waals surface area contributed by atoms with Crippen molar-refractivity contribution in [3.05, 3.63) is 71.8 Å². The molecule has 2 aromatic rings. The maximum absolute atomic E-state index is 13.5. The van der Waals surface area contributed by atoms with Gasteiger partial charge in [0.1, 0.15) is 6.54 Å². The van der Waals surface area contributed by atoms with Crippen molar-refractivity contribution in [2.45, 2.75) is 38.8 Å². The molecular formula is C23H27N3O3. The Labute approximate surface area is 171 Å². The monoisotopic (exact) mass is 393 g/mol. The number of carbonyl (C=O) groups excluding carboxylic acids is 3. The van der Waals surface area contributed by atoms with Gasteiger partial charge in [-0.15, -0.1) is 0 Å². The lowest BCUT2D eigenvalue weighted by Crippen LogP contribution is -2.47. The van der Waals surface area contributed by atoms with E-state index in [9.17, 15) is 14.4 Å². The van der Waals surface area contributed by atoms with Crippen LogP contribution < -0.4 is 10.6 Å². The maximum atomic E-state index is 13.5. The van der Waals surface area contributed by atoms with Crippen LogP contribution in [0.25, 0.3) is 0 Å². The van der Waals surface area contributed by atoms with Crippen molar-refractivity contribution in [1.29, 1.82) is 0 Å². The second-order valence-corrected chi connectivity index (χ2v) is 7.86. The molecule has 1 fully saturated rings. The van der Waals surface area contributed by atoms with Gasteiger partial charge in [0.15, 0.2) is 5.54 Å². The zero-order chi connectivity index (χ0) is 21.0. The number of amides is 4. The van der Waals surface area contributed by atoms with Gasteiger partial charge in [0, 0.05) is 12.5 Å². The highest BCUT2D eigenvalue weighted by Crippen LogP contribution is 2.32. The minimum atomic E-state index is -1.23. The first-order valence-electron chi connectivity index (χ1n) is 9.86. The summed E-state index contributed by atoms with van der Waals surface area (Å²) < 4.78 is 0. The zero-order valence-corrected chi connectivity index (χ0v) is 17.0. The number of hydrogen-bond acceptors (Lipinski definition) is 3. The van der Waals surface area contributed by atoms with E-state index >= 15 is 0 Å². The Morgan fingerprint density at radius 2 is 1.59 bits per heavy atom. The van der Waals surface area contributed by atoms with E-state index in [1.807, 2.05) is 81.4 Å². The first kappa shape index (κ1) is 20.6. The second kappa shape index (κ2) is 8.47. The van der Waals surface area contributed by atoms with Gasteiger partial charge in [0.05, 0.1) is 0 Å². The fourth-order valence-corrected chi connectivity index (χ4v) is 3.42. The molecule has 1 heterocycles. The van der Waals surface area contributed by atoms with Crippen LogP contribution in [-0.4, -0.2) is 35.3 Å². The summed E-state index contributed by atoms with van der Waals surface area (Å²) in [6.07, 6.45) is 0.308. The molecule has 0 saturated carbocycles. The van der Waals surface area contributed by atoms with Gasteiger partial charge in [-0.1, -0.05) is 74.5 Å². The van der Waals surface area contributed by atoms with Crippen LogP contribution in [0.5, 0.6) is 0 Å². The summed E-state index contributed by atoms with van der Waals surface area (Å²) in [6, 6.07) is 18.1. The van der Waals surface area contributed by atoms with Crippen LogP contribution in [0.1, 0.15) is 31.9 Å². The van der Waals surface area contributed by atoms with Gasteiger partial charge in [-0.25, -0.2) is 4.79 Å². The molecule has 3 rings (SSSR count). The fourth-order valence-electron chi connectivity index (χ4n) is 3.42. The van der Waals surface area contributed by atoms with Crippen LogP contribution in [0.3, 0.4) is 0 Å². The molecular weight excluding hydrogens is 366 g/mol. The third kappa shape index (κ3) is 4.31. The van der Waals surface area contributed by atoms with E-state index < -0.39 is 17.5 Å². The smallest absolute Gasteiger partial charge is 0.325 e. The standard InChI is InChI=1S/C23H27N3O3/c1-16(2)17(3)24-20(27)15-26-21(28)23(25-22(26)29,19-12-8-5-9-13-19)14-18-10-6-4-7-11-18/h4-13,16-17H,14-15H2,1-3H3,(H,24,27)(H,25,29)/t17-,23-/m1/s1. The Hall–Kier alpha value is -3.15. The van der Waals surface area contributed by atoms with Gasteiger partial charge in [-0.2, -0.15) is 0 Å². The molecule has 0 aromatic heterocycles. The van der Waals surface area contributed by atoms with Crippen molar-refractivity contribution in [2.24, 2.45) is 5.92 Å². The van der Waals surface area contributed by atoms with E-state index in [0.717, 1.165) is 10.5 Å². The Kier molecular flexibility index (Phi) is 6.01. The number of nitrogens with zero attached hydrogens (tertiary/aromatic N) is 1. The molecule has 0 spiro atoms. The highest BCUT2D eigenvalue weighted by molar-refractivity contribution is 6.09. The van der Waals surface area contributed by atoms with Crippen molar-refractivity contribution in [2.75, 3.05) is 6.54 Å². The van der Waals surface area contributed by atoms with Gasteiger partial charge < -0.3 is 10.6 Å². The second-order valence-electron chi connectivity index (χ2n) is 7.86. The summed E-state index contributed by atoms with van der Waals surface area (Å²) >= 11 is 0. The van der Waals surface area contributed by atoms with Crippen LogP contribution in [0, 0.1) is 5.92 Å². The highest BCUT2D eigenvalue weighted by atomic mass is 16.2. The lowest BCUT2D eigenvalue weighted by atomic mass is 9.83. The number of rotatable bonds is 7. The molecule has 2 atom stereocenters. The predicted octanol–water partition coefficient (Wildman–Crippen LogP) is 2.84. The Bertz CT molecular complexity index is 883. The average Bonchev–Trinajstić information content (AvgIpc) is 2.94. The number of hydrogen-bond donors (Lipinski definition) is 2. The third-order valence-corrected chi connectivity index (χ3v) is 5.44. The van der Waals surface area contributed by atoms with Crippen molar-refractivity contribution >= 4 is 17.8 Å². The normalized spacial score (nSPS) is 19.9. The highest BCUT2D eigenvalue weighted by Gasteiger charge is 2.52. The maximum Gasteiger partial charge on any atom is 0.325 e. The number of carbonyl (C=O) groups is 3. The first-order valence-corrected chi connectivity index (χ1v) is 9.86. The molecule has 4 amide bonds. The molecule has 1 aliphatic rings. The quantitative estimate of drug-likeness (QED) is 0.710.